The van der Waals surface area contributed by atoms with Crippen LogP contribution in [0.15, 0.2) is 11.4 Å². The van der Waals surface area contributed by atoms with Gasteiger partial charge in [0, 0.05) is 39.3 Å². The first kappa shape index (κ1) is 16.9. The number of β-amino-alcohol motifs (C(OH)–C–C–N with tert-alkyl or cyclic N) is 1. The van der Waals surface area contributed by atoms with Gasteiger partial charge in [-0.05, 0) is 18.4 Å². The van der Waals surface area contributed by atoms with E-state index < -0.39 is 6.10 Å². The number of rotatable bonds is 6. The summed E-state index contributed by atoms with van der Waals surface area (Å²) >= 11 is 1.31. The van der Waals surface area contributed by atoms with E-state index in [1.807, 2.05) is 6.92 Å². The molecule has 0 aliphatic carbocycles. The number of hydrogen-bond donors (Lipinski definition) is 1. The highest BCUT2D eigenvalue weighted by Gasteiger charge is 2.25. The summed E-state index contributed by atoms with van der Waals surface area (Å²) in [7, 11) is 0. The van der Waals surface area contributed by atoms with E-state index in [4.69, 9.17) is 10.00 Å². The van der Waals surface area contributed by atoms with Crippen molar-refractivity contribution in [3.8, 4) is 6.07 Å². The zero-order valence-corrected chi connectivity index (χ0v) is 13.5. The molecule has 1 atom stereocenters. The molecule has 22 heavy (non-hydrogen) atoms. The van der Waals surface area contributed by atoms with E-state index in [1.165, 1.54) is 11.3 Å². The Kier molecular flexibility index (Phi) is 6.34. The molecule has 1 saturated heterocycles. The number of nitrogens with zero attached hydrogens (tertiary/aromatic N) is 3. The highest BCUT2D eigenvalue weighted by Crippen LogP contribution is 2.19. The highest BCUT2D eigenvalue weighted by molar-refractivity contribution is 7.12. The number of aliphatic hydroxyl groups is 1. The Morgan fingerprint density at radius 3 is 2.86 bits per heavy atom. The van der Waals surface area contributed by atoms with Crippen LogP contribution in [0.25, 0.3) is 0 Å². The van der Waals surface area contributed by atoms with E-state index in [-0.39, 0.29) is 5.91 Å². The molecule has 0 unspecified atom stereocenters. The normalized spacial score (nSPS) is 17.2. The maximum absolute atomic E-state index is 12.4. The number of thiophene rings is 1. The number of nitriles is 1. The van der Waals surface area contributed by atoms with Gasteiger partial charge in [-0.3, -0.25) is 9.69 Å². The monoisotopic (exact) mass is 323 g/mol. The van der Waals surface area contributed by atoms with Crippen LogP contribution in [-0.4, -0.2) is 72.9 Å². The predicted molar refractivity (Wildman–Crippen MR) is 83.9 cm³/mol. The molecule has 0 radical (unpaired) electrons. The number of carbonyl (C=O) groups excluding carboxylic acids is 1. The Labute approximate surface area is 134 Å². The molecule has 6 nitrogen and oxygen atoms in total. The second-order valence-corrected chi connectivity index (χ2v) is 6.10. The minimum atomic E-state index is -0.496. The third-order valence-electron chi connectivity index (χ3n) is 3.62. The first-order chi connectivity index (χ1) is 10.7. The lowest BCUT2D eigenvalue weighted by atomic mass is 10.2. The van der Waals surface area contributed by atoms with Crippen LogP contribution < -0.4 is 0 Å². The zero-order valence-electron chi connectivity index (χ0n) is 12.7. The van der Waals surface area contributed by atoms with Crippen LogP contribution in [0.4, 0.5) is 0 Å². The minimum absolute atomic E-state index is 0.0685. The van der Waals surface area contributed by atoms with E-state index in [0.29, 0.717) is 43.3 Å². The standard InChI is InChI=1S/C15H21N3O3S/c1-2-21-11-13(19)10-17-4-6-18(7-5-17)15(20)14-12(9-16)3-8-22-14/h3,8,13,19H,2,4-7,10-11H2,1H3/t13-/m1/s1. The van der Waals surface area contributed by atoms with Crippen LogP contribution in [-0.2, 0) is 4.74 Å². The van der Waals surface area contributed by atoms with Crippen LogP contribution in [0.2, 0.25) is 0 Å². The molecular formula is C15H21N3O3S. The first-order valence-electron chi connectivity index (χ1n) is 7.40. The molecule has 0 bridgehead atoms. The van der Waals surface area contributed by atoms with Crippen molar-refractivity contribution in [3.63, 3.8) is 0 Å². The number of ether oxygens (including phenoxy) is 1. The van der Waals surface area contributed by atoms with Gasteiger partial charge in [0.25, 0.3) is 5.91 Å². The van der Waals surface area contributed by atoms with E-state index in [9.17, 15) is 9.90 Å². The fraction of sp³-hybridized carbons (Fsp3) is 0.600. The Morgan fingerprint density at radius 2 is 2.23 bits per heavy atom. The van der Waals surface area contributed by atoms with Crippen LogP contribution >= 0.6 is 11.3 Å². The molecule has 2 rings (SSSR count). The molecule has 1 aliphatic rings. The van der Waals surface area contributed by atoms with Crippen molar-refractivity contribution in [1.29, 1.82) is 5.26 Å². The van der Waals surface area contributed by atoms with Crippen molar-refractivity contribution in [1.82, 2.24) is 9.80 Å². The summed E-state index contributed by atoms with van der Waals surface area (Å²) in [6.07, 6.45) is -0.496. The molecule has 1 aromatic rings. The molecule has 0 saturated carbocycles. The van der Waals surface area contributed by atoms with Crippen LogP contribution in [0.1, 0.15) is 22.2 Å². The van der Waals surface area contributed by atoms with Gasteiger partial charge < -0.3 is 14.7 Å². The van der Waals surface area contributed by atoms with Crippen molar-refractivity contribution < 1.29 is 14.6 Å². The molecule has 7 heteroatoms. The van der Waals surface area contributed by atoms with E-state index in [1.54, 1.807) is 16.3 Å². The Balaban J connectivity index is 1.82. The zero-order chi connectivity index (χ0) is 15.9. The van der Waals surface area contributed by atoms with E-state index in [2.05, 4.69) is 11.0 Å². The SMILES string of the molecule is CCOC[C@H](O)CN1CCN(C(=O)c2sccc2C#N)CC1. The van der Waals surface area contributed by atoms with Gasteiger partial charge in [0.05, 0.1) is 18.3 Å². The second-order valence-electron chi connectivity index (χ2n) is 5.18. The average Bonchev–Trinajstić information content (AvgIpc) is 3.01. The fourth-order valence-electron chi connectivity index (χ4n) is 2.44. The summed E-state index contributed by atoms with van der Waals surface area (Å²) in [6, 6.07) is 3.73. The highest BCUT2D eigenvalue weighted by atomic mass is 32.1. The van der Waals surface area contributed by atoms with Crippen molar-refractivity contribution in [2.75, 3.05) is 45.9 Å². The smallest absolute Gasteiger partial charge is 0.265 e. The lowest BCUT2D eigenvalue weighted by Crippen LogP contribution is -2.50. The van der Waals surface area contributed by atoms with Crippen LogP contribution in [0, 0.1) is 11.3 Å². The van der Waals surface area contributed by atoms with Crippen molar-refractivity contribution in [2.45, 2.75) is 13.0 Å². The lowest BCUT2D eigenvalue weighted by Gasteiger charge is -2.35. The van der Waals surface area contributed by atoms with Gasteiger partial charge in [0.2, 0.25) is 0 Å². The third-order valence-corrected chi connectivity index (χ3v) is 4.53. The van der Waals surface area contributed by atoms with E-state index in [0.717, 1.165) is 13.1 Å². The molecule has 1 fully saturated rings. The molecule has 0 spiro atoms. The lowest BCUT2D eigenvalue weighted by molar-refractivity contribution is 0.0112. The molecule has 1 aliphatic heterocycles. The topological polar surface area (TPSA) is 76.8 Å². The minimum Gasteiger partial charge on any atom is -0.389 e. The molecule has 1 amide bonds. The van der Waals surface area contributed by atoms with Gasteiger partial charge in [-0.1, -0.05) is 0 Å². The Morgan fingerprint density at radius 1 is 1.50 bits per heavy atom. The van der Waals surface area contributed by atoms with Gasteiger partial charge >= 0.3 is 0 Å². The fourth-order valence-corrected chi connectivity index (χ4v) is 3.26. The first-order valence-corrected chi connectivity index (χ1v) is 8.28. The molecule has 120 valence electrons. The second kappa shape index (κ2) is 8.25. The maximum Gasteiger partial charge on any atom is 0.265 e. The maximum atomic E-state index is 12.4. The van der Waals surface area contributed by atoms with Gasteiger partial charge in [0.1, 0.15) is 10.9 Å². The van der Waals surface area contributed by atoms with E-state index >= 15 is 0 Å². The summed E-state index contributed by atoms with van der Waals surface area (Å²) < 4.78 is 5.20. The molecule has 0 aromatic carbocycles. The summed E-state index contributed by atoms with van der Waals surface area (Å²) in [5, 5.41) is 20.6. The molecule has 1 aromatic heterocycles. The molecule has 2 heterocycles. The van der Waals surface area contributed by atoms with Gasteiger partial charge in [0.15, 0.2) is 0 Å². The van der Waals surface area contributed by atoms with Gasteiger partial charge in [-0.2, -0.15) is 5.26 Å². The van der Waals surface area contributed by atoms with Crippen LogP contribution in [0.5, 0.6) is 0 Å². The third kappa shape index (κ3) is 4.27. The summed E-state index contributed by atoms with van der Waals surface area (Å²) in [5.74, 6) is -0.0685. The largest absolute Gasteiger partial charge is 0.389 e. The summed E-state index contributed by atoms with van der Waals surface area (Å²) in [5.41, 5.74) is 0.449. The summed E-state index contributed by atoms with van der Waals surface area (Å²) in [4.78, 5) is 16.8. The molecular weight excluding hydrogens is 302 g/mol. The number of carbonyl (C=O) groups is 1. The van der Waals surface area contributed by atoms with Crippen molar-refractivity contribution >= 4 is 17.2 Å². The predicted octanol–water partition coefficient (Wildman–Crippen LogP) is 0.775. The molecule has 1 N–H and O–H groups in total. The number of aliphatic hydroxyl groups excluding tert-OH is 1. The Bertz CT molecular complexity index is 532. The number of piperazine rings is 1. The van der Waals surface area contributed by atoms with Gasteiger partial charge in [-0.15, -0.1) is 11.3 Å². The number of amides is 1. The Hall–Kier alpha value is -1.46. The van der Waals surface area contributed by atoms with Crippen molar-refractivity contribution in [2.24, 2.45) is 0 Å². The average molecular weight is 323 g/mol. The van der Waals surface area contributed by atoms with Gasteiger partial charge in [-0.25, -0.2) is 0 Å². The van der Waals surface area contributed by atoms with Crippen LogP contribution in [0.3, 0.4) is 0 Å². The van der Waals surface area contributed by atoms with Crippen molar-refractivity contribution in [3.05, 3.63) is 21.9 Å². The number of hydrogen-bond acceptors (Lipinski definition) is 6. The summed E-state index contributed by atoms with van der Waals surface area (Å²) in [6.45, 7) is 6.08. The quantitative estimate of drug-likeness (QED) is 0.837.